The highest BCUT2D eigenvalue weighted by Crippen LogP contribution is 2.59. The summed E-state index contributed by atoms with van der Waals surface area (Å²) in [5.74, 6) is -2.41. The van der Waals surface area contributed by atoms with Crippen LogP contribution in [-0.4, -0.2) is 72.0 Å². The number of aryl methyl sites for hydroxylation is 1. The van der Waals surface area contributed by atoms with Gasteiger partial charge in [0.25, 0.3) is 0 Å². The lowest BCUT2D eigenvalue weighted by Gasteiger charge is -2.42. The average Bonchev–Trinajstić information content (AvgIpc) is 3.89. The molecule has 44 heavy (non-hydrogen) atoms. The smallest absolute Gasteiger partial charge is 0.306 e. The second-order valence-corrected chi connectivity index (χ2v) is 13.0. The molecule has 2 aliphatic heterocycles. The molecule has 1 spiro atoms. The summed E-state index contributed by atoms with van der Waals surface area (Å²) in [5.41, 5.74) is 2.25. The predicted octanol–water partition coefficient (Wildman–Crippen LogP) is 5.03. The summed E-state index contributed by atoms with van der Waals surface area (Å²) in [7, 11) is 1.67. The van der Waals surface area contributed by atoms with Crippen molar-refractivity contribution in [3.05, 3.63) is 41.5 Å². The second-order valence-electron chi connectivity index (χ2n) is 13.0. The molecule has 2 heterocycles. The molecule has 242 valence electrons. The summed E-state index contributed by atoms with van der Waals surface area (Å²) in [6, 6.07) is 7.37. The number of ether oxygens (including phenoxy) is 4. The van der Waals surface area contributed by atoms with E-state index in [-0.39, 0.29) is 78.8 Å². The van der Waals surface area contributed by atoms with Gasteiger partial charge in [-0.3, -0.25) is 19.2 Å². The number of epoxide rings is 2. The Kier molecular flexibility index (Phi) is 11.0. The van der Waals surface area contributed by atoms with Gasteiger partial charge in [-0.25, -0.2) is 0 Å². The first kappa shape index (κ1) is 33.8. The summed E-state index contributed by atoms with van der Waals surface area (Å²) < 4.78 is 24.2. The standard InChI is InChI=1S/C34H47NO9/c1-21(2)9-15-27-33(4,44-27)31-30(41-5)26(17-18-34(31)20-42-34)43-29(39)8-6-7-23-10-12-24(13-11-23)35-32(40)22(3)19-25(36)14-16-28(37)38/h9-13,22,26-27,30-31H,6-8,14-20H2,1-5H3,(H,35,40)(H,37,38)/t22-,26-,27-,30-,31-,33+,34+/m1/s1. The third-order valence-electron chi connectivity index (χ3n) is 9.19. The first-order valence-corrected chi connectivity index (χ1v) is 15.7. The molecule has 1 amide bonds. The summed E-state index contributed by atoms with van der Waals surface area (Å²) in [5, 5.41) is 11.5. The Labute approximate surface area is 259 Å². The van der Waals surface area contributed by atoms with E-state index in [1.807, 2.05) is 12.1 Å². The number of carbonyl (C=O) groups is 4. The van der Waals surface area contributed by atoms with Crippen molar-refractivity contribution in [3.63, 3.8) is 0 Å². The number of rotatable bonds is 16. The number of allylic oxidation sites excluding steroid dienone is 1. The van der Waals surface area contributed by atoms with Crippen LogP contribution in [0.4, 0.5) is 5.69 Å². The van der Waals surface area contributed by atoms with Crippen LogP contribution in [0.1, 0.15) is 84.6 Å². The number of methoxy groups -OCH3 is 1. The predicted molar refractivity (Wildman–Crippen MR) is 163 cm³/mol. The minimum absolute atomic E-state index is 0.00151. The van der Waals surface area contributed by atoms with Crippen LogP contribution in [0.25, 0.3) is 0 Å². The molecule has 1 aliphatic carbocycles. The number of aliphatic carboxylic acids is 1. The molecule has 1 saturated carbocycles. The van der Waals surface area contributed by atoms with Crippen molar-refractivity contribution < 1.29 is 43.2 Å². The number of Topliss-reactive ketones (excluding diaryl/α,β-unsaturated/α-hetero) is 1. The van der Waals surface area contributed by atoms with Crippen LogP contribution < -0.4 is 5.32 Å². The van der Waals surface area contributed by atoms with Gasteiger partial charge in [-0.05, 0) is 70.6 Å². The van der Waals surface area contributed by atoms with Crippen LogP contribution in [0, 0.1) is 11.8 Å². The number of anilines is 1. The fraction of sp³-hybridized carbons (Fsp3) is 0.647. The van der Waals surface area contributed by atoms with Gasteiger partial charge in [0, 0.05) is 38.0 Å². The van der Waals surface area contributed by atoms with E-state index in [4.69, 9.17) is 24.1 Å². The van der Waals surface area contributed by atoms with E-state index in [1.165, 1.54) is 5.57 Å². The van der Waals surface area contributed by atoms with E-state index < -0.39 is 11.9 Å². The lowest BCUT2D eigenvalue weighted by atomic mass is 9.68. The van der Waals surface area contributed by atoms with Crippen molar-refractivity contribution in [1.82, 2.24) is 0 Å². The molecule has 0 bridgehead atoms. The number of carboxylic acid groups (broad SMARTS) is 1. The number of benzene rings is 1. The van der Waals surface area contributed by atoms with Gasteiger partial charge < -0.3 is 29.4 Å². The molecule has 3 aliphatic rings. The number of nitrogens with one attached hydrogen (secondary N) is 1. The summed E-state index contributed by atoms with van der Waals surface area (Å²) in [4.78, 5) is 47.9. The highest BCUT2D eigenvalue weighted by molar-refractivity contribution is 5.95. The first-order chi connectivity index (χ1) is 20.9. The number of esters is 1. The van der Waals surface area contributed by atoms with E-state index in [9.17, 15) is 19.2 Å². The van der Waals surface area contributed by atoms with Crippen molar-refractivity contribution in [3.8, 4) is 0 Å². The topological polar surface area (TPSA) is 144 Å². The zero-order chi connectivity index (χ0) is 32.1. The Bertz CT molecular complexity index is 1230. The Morgan fingerprint density at radius 2 is 1.84 bits per heavy atom. The number of carboxylic acids is 1. The quantitative estimate of drug-likeness (QED) is 0.149. The van der Waals surface area contributed by atoms with E-state index in [2.05, 4.69) is 32.2 Å². The third-order valence-corrected chi connectivity index (χ3v) is 9.19. The Hall–Kier alpha value is -3.08. The van der Waals surface area contributed by atoms with E-state index in [0.717, 1.165) is 18.4 Å². The number of hydrogen-bond acceptors (Lipinski definition) is 8. The highest BCUT2D eigenvalue weighted by Gasteiger charge is 2.72. The Morgan fingerprint density at radius 1 is 1.14 bits per heavy atom. The SMILES string of the molecule is CO[C@@H]1[C@H](OC(=O)CCCc2ccc(NC(=O)[C@H](C)CC(=O)CCC(=O)O)cc2)CC[C@]2(CO2)[C@H]1[C@@]1(C)O[C@@H]1CC=C(C)C. The van der Waals surface area contributed by atoms with Crippen molar-refractivity contribution >= 4 is 29.3 Å². The van der Waals surface area contributed by atoms with Crippen LogP contribution >= 0.6 is 0 Å². The van der Waals surface area contributed by atoms with Crippen molar-refractivity contribution in [1.29, 1.82) is 0 Å². The molecule has 0 radical (unpaired) electrons. The molecule has 0 aromatic heterocycles. The summed E-state index contributed by atoms with van der Waals surface area (Å²) >= 11 is 0. The van der Waals surface area contributed by atoms with Gasteiger partial charge in [0.05, 0.1) is 25.0 Å². The average molecular weight is 614 g/mol. The molecular formula is C34H47NO9. The van der Waals surface area contributed by atoms with E-state index >= 15 is 0 Å². The number of ketones is 1. The van der Waals surface area contributed by atoms with Crippen LogP contribution in [-0.2, 0) is 44.5 Å². The maximum atomic E-state index is 12.9. The number of hydrogen-bond donors (Lipinski definition) is 2. The van der Waals surface area contributed by atoms with Crippen molar-refractivity contribution in [2.75, 3.05) is 19.0 Å². The van der Waals surface area contributed by atoms with Crippen LogP contribution in [0.5, 0.6) is 0 Å². The lowest BCUT2D eigenvalue weighted by Crippen LogP contribution is -2.55. The highest BCUT2D eigenvalue weighted by atomic mass is 16.6. The van der Waals surface area contributed by atoms with Crippen LogP contribution in [0.2, 0.25) is 0 Å². The van der Waals surface area contributed by atoms with Crippen LogP contribution in [0.3, 0.4) is 0 Å². The van der Waals surface area contributed by atoms with Gasteiger partial charge in [-0.2, -0.15) is 0 Å². The first-order valence-electron chi connectivity index (χ1n) is 15.7. The fourth-order valence-electron chi connectivity index (χ4n) is 6.54. The molecule has 2 N–H and O–H groups in total. The number of amides is 1. The Morgan fingerprint density at radius 3 is 2.45 bits per heavy atom. The molecule has 0 unspecified atom stereocenters. The van der Waals surface area contributed by atoms with Gasteiger partial charge in [0.2, 0.25) is 5.91 Å². The van der Waals surface area contributed by atoms with Crippen molar-refractivity contribution in [2.24, 2.45) is 11.8 Å². The van der Waals surface area contributed by atoms with E-state index in [0.29, 0.717) is 31.6 Å². The minimum Gasteiger partial charge on any atom is -0.481 e. The third kappa shape index (κ3) is 8.55. The molecule has 10 heteroatoms. The molecule has 1 aromatic rings. The van der Waals surface area contributed by atoms with Gasteiger partial charge >= 0.3 is 11.9 Å². The molecule has 1 aromatic carbocycles. The van der Waals surface area contributed by atoms with Crippen LogP contribution in [0.15, 0.2) is 35.9 Å². The van der Waals surface area contributed by atoms with Gasteiger partial charge in [0.15, 0.2) is 0 Å². The van der Waals surface area contributed by atoms with Gasteiger partial charge in [-0.15, -0.1) is 0 Å². The maximum absolute atomic E-state index is 12.9. The molecule has 4 rings (SSSR count). The molecule has 2 saturated heterocycles. The molecular weight excluding hydrogens is 566 g/mol. The monoisotopic (exact) mass is 613 g/mol. The molecule has 10 nitrogen and oxygen atoms in total. The minimum atomic E-state index is -1.03. The lowest BCUT2D eigenvalue weighted by molar-refractivity contribution is -0.172. The molecule has 3 fully saturated rings. The van der Waals surface area contributed by atoms with Gasteiger partial charge in [-0.1, -0.05) is 30.7 Å². The maximum Gasteiger partial charge on any atom is 0.306 e. The zero-order valence-corrected chi connectivity index (χ0v) is 26.6. The van der Waals surface area contributed by atoms with Gasteiger partial charge in [0.1, 0.15) is 29.2 Å². The van der Waals surface area contributed by atoms with Crippen molar-refractivity contribution in [2.45, 2.75) is 115 Å². The molecule has 7 atom stereocenters. The largest absolute Gasteiger partial charge is 0.481 e. The summed E-state index contributed by atoms with van der Waals surface area (Å²) in [6.07, 6.45) is 5.25. The fourth-order valence-corrected chi connectivity index (χ4v) is 6.54. The normalized spacial score (nSPS) is 29.4. The summed E-state index contributed by atoms with van der Waals surface area (Å²) in [6.45, 7) is 8.62. The zero-order valence-electron chi connectivity index (χ0n) is 26.6. The van der Waals surface area contributed by atoms with E-state index in [1.54, 1.807) is 26.2 Å². The Balaban J connectivity index is 1.22. The second kappa shape index (κ2) is 14.3. The number of carbonyl (C=O) groups excluding carboxylic acids is 3.